The van der Waals surface area contributed by atoms with Crippen LogP contribution in [0.15, 0.2) is 40.8 Å². The maximum atomic E-state index is 12.1. The first-order valence-corrected chi connectivity index (χ1v) is 7.98. The lowest BCUT2D eigenvalue weighted by Gasteiger charge is -2.15. The van der Waals surface area contributed by atoms with Crippen LogP contribution in [-0.4, -0.2) is 31.0 Å². The van der Waals surface area contributed by atoms with Gasteiger partial charge in [0.15, 0.2) is 11.3 Å². The second-order valence-corrected chi connectivity index (χ2v) is 5.99. The smallest absolute Gasteiger partial charge is 0.223 e. The maximum Gasteiger partial charge on any atom is 0.223 e. The van der Waals surface area contributed by atoms with Crippen LogP contribution in [-0.2, 0) is 4.79 Å². The number of fused-ring (bicyclic) bond motifs is 3. The Labute approximate surface area is 134 Å². The number of amides is 1. The van der Waals surface area contributed by atoms with Crippen molar-refractivity contribution in [2.24, 2.45) is 0 Å². The molecule has 23 heavy (non-hydrogen) atoms. The van der Waals surface area contributed by atoms with Crippen molar-refractivity contribution in [3.8, 4) is 5.75 Å². The lowest BCUT2D eigenvalue weighted by Crippen LogP contribution is -2.24. The number of likely N-dealkylation sites (N-methyl/N-ethyl adjacent to an activating group) is 1. The predicted molar refractivity (Wildman–Crippen MR) is 89.9 cm³/mol. The van der Waals surface area contributed by atoms with Gasteiger partial charge in [-0.1, -0.05) is 24.3 Å². The van der Waals surface area contributed by atoms with Crippen LogP contribution in [0.5, 0.6) is 5.75 Å². The number of benzene rings is 2. The van der Waals surface area contributed by atoms with E-state index in [-0.39, 0.29) is 11.8 Å². The number of furan rings is 1. The molecule has 3 aromatic rings. The summed E-state index contributed by atoms with van der Waals surface area (Å²) in [6.07, 6.45) is 0.564. The molecule has 1 aliphatic heterocycles. The molecule has 2 heterocycles. The largest absolute Gasteiger partial charge is 0.493 e. The second kappa shape index (κ2) is 5.30. The second-order valence-electron chi connectivity index (χ2n) is 5.99. The highest BCUT2D eigenvalue weighted by Gasteiger charge is 2.31. The van der Waals surface area contributed by atoms with Gasteiger partial charge in [-0.2, -0.15) is 0 Å². The Hall–Kier alpha value is -2.49. The highest BCUT2D eigenvalue weighted by Crippen LogP contribution is 2.41. The number of carbonyl (C=O) groups is 1. The summed E-state index contributed by atoms with van der Waals surface area (Å²) in [5.74, 6) is 1.17. The highest BCUT2D eigenvalue weighted by molar-refractivity contribution is 6.09. The molecule has 0 radical (unpaired) electrons. The lowest BCUT2D eigenvalue weighted by molar-refractivity contribution is -0.127. The van der Waals surface area contributed by atoms with Gasteiger partial charge >= 0.3 is 0 Å². The normalized spacial score (nSPS) is 18.3. The summed E-state index contributed by atoms with van der Waals surface area (Å²) in [6.45, 7) is 3.56. The fourth-order valence-corrected chi connectivity index (χ4v) is 3.62. The minimum atomic E-state index is 0.205. The van der Waals surface area contributed by atoms with Gasteiger partial charge in [-0.3, -0.25) is 4.79 Å². The van der Waals surface area contributed by atoms with Crippen molar-refractivity contribution in [2.75, 3.05) is 20.2 Å². The van der Waals surface area contributed by atoms with E-state index >= 15 is 0 Å². The fraction of sp³-hybridized carbons (Fsp3) is 0.316. The Morgan fingerprint density at radius 1 is 1.26 bits per heavy atom. The molecule has 1 aromatic heterocycles. The Morgan fingerprint density at radius 3 is 2.83 bits per heavy atom. The molecule has 1 fully saturated rings. The summed E-state index contributed by atoms with van der Waals surface area (Å²) >= 11 is 0. The maximum absolute atomic E-state index is 12.1. The molecule has 0 spiro atoms. The van der Waals surface area contributed by atoms with Crippen LogP contribution in [0.2, 0.25) is 0 Å². The average Bonchev–Trinajstić information content (AvgIpc) is 3.14. The number of carbonyl (C=O) groups excluding carboxylic acids is 1. The number of para-hydroxylation sites is 1. The number of ether oxygens (including phenoxy) is 1. The molecule has 4 heteroatoms. The van der Waals surface area contributed by atoms with E-state index < -0.39 is 0 Å². The monoisotopic (exact) mass is 309 g/mol. The molecule has 1 saturated heterocycles. The first-order valence-electron chi connectivity index (χ1n) is 7.98. The predicted octanol–water partition coefficient (Wildman–Crippen LogP) is 3.93. The fourth-order valence-electron chi connectivity index (χ4n) is 3.62. The number of rotatable bonds is 3. The van der Waals surface area contributed by atoms with Crippen molar-refractivity contribution in [1.82, 2.24) is 4.90 Å². The van der Waals surface area contributed by atoms with E-state index in [0.717, 1.165) is 40.8 Å². The summed E-state index contributed by atoms with van der Waals surface area (Å²) < 4.78 is 11.5. The Morgan fingerprint density at radius 2 is 2.09 bits per heavy atom. The number of methoxy groups -OCH3 is 1. The molecule has 1 amide bonds. The zero-order chi connectivity index (χ0) is 16.0. The van der Waals surface area contributed by atoms with Crippen LogP contribution in [0, 0.1) is 0 Å². The van der Waals surface area contributed by atoms with Gasteiger partial charge < -0.3 is 14.1 Å². The molecule has 0 N–H and O–H groups in total. The van der Waals surface area contributed by atoms with E-state index in [2.05, 4.69) is 12.1 Å². The van der Waals surface area contributed by atoms with Gasteiger partial charge in [-0.05, 0) is 24.6 Å². The third-order valence-electron chi connectivity index (χ3n) is 4.78. The molecule has 0 saturated carbocycles. The molecule has 0 bridgehead atoms. The average molecular weight is 309 g/mol. The Balaban J connectivity index is 1.95. The molecular weight excluding hydrogens is 290 g/mol. The molecule has 0 aliphatic carbocycles. The SMILES string of the molecule is CCN1CC(c2ccc(OC)c3oc4ccccc4c23)CC1=O. The van der Waals surface area contributed by atoms with Crippen LogP contribution in [0.3, 0.4) is 0 Å². The van der Waals surface area contributed by atoms with Gasteiger partial charge in [0.05, 0.1) is 7.11 Å². The molecular formula is C19H19NO3. The van der Waals surface area contributed by atoms with E-state index in [1.807, 2.05) is 36.1 Å². The van der Waals surface area contributed by atoms with E-state index in [1.54, 1.807) is 7.11 Å². The zero-order valence-corrected chi connectivity index (χ0v) is 13.3. The first-order chi connectivity index (χ1) is 11.2. The quantitative estimate of drug-likeness (QED) is 0.736. The summed E-state index contributed by atoms with van der Waals surface area (Å²) in [5.41, 5.74) is 2.80. The van der Waals surface area contributed by atoms with Crippen molar-refractivity contribution in [3.63, 3.8) is 0 Å². The van der Waals surface area contributed by atoms with Gasteiger partial charge in [0.2, 0.25) is 5.91 Å². The number of nitrogens with zero attached hydrogens (tertiary/aromatic N) is 1. The number of hydrogen-bond acceptors (Lipinski definition) is 3. The van der Waals surface area contributed by atoms with Crippen LogP contribution in [0.25, 0.3) is 21.9 Å². The third kappa shape index (κ3) is 2.09. The molecule has 2 aromatic carbocycles. The number of hydrogen-bond donors (Lipinski definition) is 0. The van der Waals surface area contributed by atoms with E-state index in [1.165, 1.54) is 5.56 Å². The first kappa shape index (κ1) is 14.1. The minimum absolute atomic E-state index is 0.205. The van der Waals surface area contributed by atoms with E-state index in [0.29, 0.717) is 6.42 Å². The van der Waals surface area contributed by atoms with Crippen LogP contribution in [0.1, 0.15) is 24.8 Å². The molecule has 1 unspecified atom stereocenters. The van der Waals surface area contributed by atoms with Gasteiger partial charge in [0, 0.05) is 36.2 Å². The summed E-state index contributed by atoms with van der Waals surface area (Å²) in [4.78, 5) is 14.0. The van der Waals surface area contributed by atoms with Crippen LogP contribution >= 0.6 is 0 Å². The van der Waals surface area contributed by atoms with Gasteiger partial charge in [-0.15, -0.1) is 0 Å². The summed E-state index contributed by atoms with van der Waals surface area (Å²) in [6, 6.07) is 12.0. The zero-order valence-electron chi connectivity index (χ0n) is 13.3. The molecule has 4 nitrogen and oxygen atoms in total. The molecule has 118 valence electrons. The molecule has 4 rings (SSSR count). The lowest BCUT2D eigenvalue weighted by atomic mass is 9.93. The van der Waals surface area contributed by atoms with E-state index in [9.17, 15) is 4.79 Å². The summed E-state index contributed by atoms with van der Waals surface area (Å²) in [7, 11) is 1.65. The topological polar surface area (TPSA) is 42.7 Å². The van der Waals surface area contributed by atoms with Crippen molar-refractivity contribution in [3.05, 3.63) is 42.0 Å². The van der Waals surface area contributed by atoms with Gasteiger partial charge in [0.25, 0.3) is 0 Å². The van der Waals surface area contributed by atoms with Gasteiger partial charge in [-0.25, -0.2) is 0 Å². The molecule has 1 atom stereocenters. The van der Waals surface area contributed by atoms with Crippen LogP contribution in [0.4, 0.5) is 0 Å². The van der Waals surface area contributed by atoms with Crippen molar-refractivity contribution >= 4 is 27.8 Å². The summed E-state index contributed by atoms with van der Waals surface area (Å²) in [5, 5.41) is 2.16. The number of likely N-dealkylation sites (tertiary alicyclic amines) is 1. The van der Waals surface area contributed by atoms with E-state index in [4.69, 9.17) is 9.15 Å². The van der Waals surface area contributed by atoms with Crippen molar-refractivity contribution < 1.29 is 13.9 Å². The Bertz CT molecular complexity index is 896. The third-order valence-corrected chi connectivity index (χ3v) is 4.78. The standard InChI is InChI=1S/C19H19NO3/c1-3-20-11-12(10-17(20)21)13-8-9-16(22-2)19-18(13)14-6-4-5-7-15(14)23-19/h4-9,12H,3,10-11H2,1-2H3. The molecule has 1 aliphatic rings. The Kier molecular flexibility index (Phi) is 3.26. The highest BCUT2D eigenvalue weighted by atomic mass is 16.5. The van der Waals surface area contributed by atoms with Crippen molar-refractivity contribution in [2.45, 2.75) is 19.3 Å². The van der Waals surface area contributed by atoms with Crippen molar-refractivity contribution in [1.29, 1.82) is 0 Å². The van der Waals surface area contributed by atoms with Crippen LogP contribution < -0.4 is 4.74 Å². The van der Waals surface area contributed by atoms with Gasteiger partial charge in [0.1, 0.15) is 5.58 Å². The minimum Gasteiger partial charge on any atom is -0.493 e.